The fourth-order valence-corrected chi connectivity index (χ4v) is 2.57. The Balaban J connectivity index is 1.64. The first-order chi connectivity index (χ1) is 13.0. The number of amides is 2. The number of anilines is 1. The van der Waals surface area contributed by atoms with Crippen LogP contribution in [0.3, 0.4) is 0 Å². The molecule has 0 radical (unpaired) electrons. The molecule has 0 fully saturated rings. The lowest BCUT2D eigenvalue weighted by Crippen LogP contribution is -2.18. The van der Waals surface area contributed by atoms with E-state index in [1.54, 1.807) is 48.5 Å². The topological polar surface area (TPSA) is 83.7 Å². The summed E-state index contributed by atoms with van der Waals surface area (Å²) in [6.07, 6.45) is 1.41. The number of nitrogens with zero attached hydrogens (tertiary/aromatic N) is 1. The Morgan fingerprint density at radius 2 is 1.89 bits per heavy atom. The van der Waals surface area contributed by atoms with Gasteiger partial charge in [-0.25, -0.2) is 5.43 Å². The van der Waals surface area contributed by atoms with Gasteiger partial charge in [0, 0.05) is 28.8 Å². The number of rotatable bonds is 5. The molecular formula is C20H16ClN3O3. The summed E-state index contributed by atoms with van der Waals surface area (Å²) in [5, 5.41) is 7.14. The SMILES string of the molecule is CC(=O)Nc1cccc(C(=O)N/N=C\c2ccc(-c3cccc(Cl)c3)o2)c1. The molecular weight excluding hydrogens is 366 g/mol. The van der Waals surface area contributed by atoms with E-state index in [0.29, 0.717) is 27.8 Å². The Labute approximate surface area is 160 Å². The first-order valence-corrected chi connectivity index (χ1v) is 8.46. The van der Waals surface area contributed by atoms with Crippen LogP contribution >= 0.6 is 11.6 Å². The number of halogens is 1. The second kappa shape index (κ2) is 8.33. The molecule has 1 heterocycles. The third-order valence-electron chi connectivity index (χ3n) is 3.54. The van der Waals surface area contributed by atoms with E-state index in [1.807, 2.05) is 12.1 Å². The van der Waals surface area contributed by atoms with Crippen LogP contribution in [0.2, 0.25) is 5.02 Å². The maximum atomic E-state index is 12.2. The van der Waals surface area contributed by atoms with Crippen LogP contribution in [0.15, 0.2) is 70.2 Å². The molecule has 2 aromatic carbocycles. The Kier molecular flexibility index (Phi) is 5.68. The molecule has 136 valence electrons. The fourth-order valence-electron chi connectivity index (χ4n) is 2.38. The van der Waals surface area contributed by atoms with E-state index in [1.165, 1.54) is 13.1 Å². The van der Waals surface area contributed by atoms with Crippen molar-refractivity contribution in [3.8, 4) is 11.3 Å². The van der Waals surface area contributed by atoms with E-state index in [4.69, 9.17) is 16.0 Å². The predicted molar refractivity (Wildman–Crippen MR) is 105 cm³/mol. The molecule has 3 rings (SSSR count). The molecule has 1 aromatic heterocycles. The van der Waals surface area contributed by atoms with Crippen LogP contribution in [0.1, 0.15) is 23.0 Å². The molecule has 0 spiro atoms. The zero-order chi connectivity index (χ0) is 19.2. The van der Waals surface area contributed by atoms with Crippen molar-refractivity contribution in [1.82, 2.24) is 5.43 Å². The Morgan fingerprint density at radius 1 is 1.07 bits per heavy atom. The molecule has 3 aromatic rings. The minimum absolute atomic E-state index is 0.209. The number of carbonyl (C=O) groups excluding carboxylic acids is 2. The van der Waals surface area contributed by atoms with Gasteiger partial charge < -0.3 is 9.73 Å². The van der Waals surface area contributed by atoms with Gasteiger partial charge in [0.1, 0.15) is 11.5 Å². The predicted octanol–water partition coefficient (Wildman–Crippen LogP) is 4.32. The second-order valence-corrected chi connectivity index (χ2v) is 6.11. The van der Waals surface area contributed by atoms with Gasteiger partial charge in [-0.1, -0.05) is 29.8 Å². The number of hydrogen-bond donors (Lipinski definition) is 2. The monoisotopic (exact) mass is 381 g/mol. The molecule has 0 unspecified atom stereocenters. The zero-order valence-electron chi connectivity index (χ0n) is 14.4. The van der Waals surface area contributed by atoms with Gasteiger partial charge in [0.15, 0.2) is 0 Å². The van der Waals surface area contributed by atoms with Crippen molar-refractivity contribution < 1.29 is 14.0 Å². The molecule has 0 saturated carbocycles. The Bertz CT molecular complexity index is 1010. The van der Waals surface area contributed by atoms with Crippen molar-refractivity contribution in [2.45, 2.75) is 6.92 Å². The average Bonchev–Trinajstić information content (AvgIpc) is 3.10. The summed E-state index contributed by atoms with van der Waals surface area (Å²) in [7, 11) is 0. The number of nitrogens with one attached hydrogen (secondary N) is 2. The number of hydrazone groups is 1. The van der Waals surface area contributed by atoms with E-state index in [9.17, 15) is 9.59 Å². The number of hydrogen-bond acceptors (Lipinski definition) is 4. The van der Waals surface area contributed by atoms with E-state index in [-0.39, 0.29) is 5.91 Å². The highest BCUT2D eigenvalue weighted by Crippen LogP contribution is 2.24. The summed E-state index contributed by atoms with van der Waals surface area (Å²) < 4.78 is 5.67. The molecule has 6 nitrogen and oxygen atoms in total. The van der Waals surface area contributed by atoms with Crippen molar-refractivity contribution in [2.75, 3.05) is 5.32 Å². The lowest BCUT2D eigenvalue weighted by molar-refractivity contribution is -0.114. The molecule has 0 aliphatic carbocycles. The van der Waals surface area contributed by atoms with Crippen LogP contribution in [-0.2, 0) is 4.79 Å². The van der Waals surface area contributed by atoms with Crippen LogP contribution < -0.4 is 10.7 Å². The van der Waals surface area contributed by atoms with Crippen LogP contribution in [0.4, 0.5) is 5.69 Å². The third-order valence-corrected chi connectivity index (χ3v) is 3.77. The van der Waals surface area contributed by atoms with Gasteiger partial charge in [-0.15, -0.1) is 0 Å². The highest BCUT2D eigenvalue weighted by atomic mass is 35.5. The van der Waals surface area contributed by atoms with E-state index >= 15 is 0 Å². The molecule has 7 heteroatoms. The Morgan fingerprint density at radius 3 is 2.67 bits per heavy atom. The standard InChI is InChI=1S/C20H16ClN3O3/c1-13(25)23-17-7-3-5-15(11-17)20(26)24-22-12-18-8-9-19(27-18)14-4-2-6-16(21)10-14/h2-12H,1H3,(H,23,25)(H,24,26)/b22-12-. The molecule has 27 heavy (non-hydrogen) atoms. The summed E-state index contributed by atoms with van der Waals surface area (Å²) in [6.45, 7) is 1.40. The van der Waals surface area contributed by atoms with E-state index in [0.717, 1.165) is 5.56 Å². The molecule has 0 saturated heterocycles. The molecule has 0 aliphatic heterocycles. The molecule has 2 amide bonds. The summed E-state index contributed by atoms with van der Waals surface area (Å²) in [5.74, 6) is 0.518. The van der Waals surface area contributed by atoms with Crippen molar-refractivity contribution in [3.63, 3.8) is 0 Å². The van der Waals surface area contributed by atoms with Crippen molar-refractivity contribution in [2.24, 2.45) is 5.10 Å². The highest BCUT2D eigenvalue weighted by Gasteiger charge is 2.07. The maximum absolute atomic E-state index is 12.2. The minimum Gasteiger partial charge on any atom is -0.455 e. The first kappa shape index (κ1) is 18.4. The largest absolute Gasteiger partial charge is 0.455 e. The summed E-state index contributed by atoms with van der Waals surface area (Å²) >= 11 is 5.98. The van der Waals surface area contributed by atoms with Crippen LogP contribution in [0, 0.1) is 0 Å². The van der Waals surface area contributed by atoms with Gasteiger partial charge in [0.25, 0.3) is 5.91 Å². The van der Waals surface area contributed by atoms with Crippen molar-refractivity contribution >= 4 is 35.3 Å². The van der Waals surface area contributed by atoms with E-state index < -0.39 is 5.91 Å². The quantitative estimate of drug-likeness (QED) is 0.510. The van der Waals surface area contributed by atoms with Gasteiger partial charge in [0.05, 0.1) is 6.21 Å². The summed E-state index contributed by atoms with van der Waals surface area (Å²) in [6, 6.07) is 17.4. The molecule has 2 N–H and O–H groups in total. The number of furan rings is 1. The molecule has 0 atom stereocenters. The molecule has 0 aliphatic rings. The van der Waals surface area contributed by atoms with Crippen LogP contribution in [0.25, 0.3) is 11.3 Å². The van der Waals surface area contributed by atoms with Crippen LogP contribution in [-0.4, -0.2) is 18.0 Å². The zero-order valence-corrected chi connectivity index (χ0v) is 15.2. The van der Waals surface area contributed by atoms with Gasteiger partial charge in [-0.3, -0.25) is 9.59 Å². The molecule has 0 bridgehead atoms. The van der Waals surface area contributed by atoms with Gasteiger partial charge in [-0.2, -0.15) is 5.10 Å². The lowest BCUT2D eigenvalue weighted by atomic mass is 10.2. The summed E-state index contributed by atoms with van der Waals surface area (Å²) in [5.41, 5.74) is 4.18. The first-order valence-electron chi connectivity index (χ1n) is 8.08. The van der Waals surface area contributed by atoms with Gasteiger partial charge in [0.2, 0.25) is 5.91 Å². The van der Waals surface area contributed by atoms with Crippen LogP contribution in [0.5, 0.6) is 0 Å². The normalized spacial score (nSPS) is 10.7. The van der Waals surface area contributed by atoms with Crippen molar-refractivity contribution in [3.05, 3.63) is 77.0 Å². The van der Waals surface area contributed by atoms with Crippen molar-refractivity contribution in [1.29, 1.82) is 0 Å². The smallest absolute Gasteiger partial charge is 0.271 e. The lowest BCUT2D eigenvalue weighted by Gasteiger charge is -2.04. The minimum atomic E-state index is -0.403. The number of benzene rings is 2. The Hall–Kier alpha value is -3.38. The second-order valence-electron chi connectivity index (χ2n) is 5.67. The summed E-state index contributed by atoms with van der Waals surface area (Å²) in [4.78, 5) is 23.2. The third kappa shape index (κ3) is 5.05. The van der Waals surface area contributed by atoms with Gasteiger partial charge in [-0.05, 0) is 42.5 Å². The van der Waals surface area contributed by atoms with Gasteiger partial charge >= 0.3 is 0 Å². The van der Waals surface area contributed by atoms with E-state index in [2.05, 4.69) is 15.8 Å². The fraction of sp³-hybridized carbons (Fsp3) is 0.0500. The number of carbonyl (C=O) groups is 2. The highest BCUT2D eigenvalue weighted by molar-refractivity contribution is 6.30. The maximum Gasteiger partial charge on any atom is 0.271 e. The average molecular weight is 382 g/mol.